The molecule has 5 aromatic rings. The predicted octanol–water partition coefficient (Wildman–Crippen LogP) is 5.79. The van der Waals surface area contributed by atoms with Crippen LogP contribution in [0.15, 0.2) is 47.1 Å². The molecule has 0 saturated carbocycles. The zero-order valence-electron chi connectivity index (χ0n) is 24.0. The highest BCUT2D eigenvalue weighted by Crippen LogP contribution is 2.36. The molecule has 0 atom stereocenters. The number of ether oxygens (including phenoxy) is 1. The Morgan fingerprint density at radius 3 is 2.59 bits per heavy atom. The van der Waals surface area contributed by atoms with E-state index in [4.69, 9.17) is 16.7 Å². The summed E-state index contributed by atoms with van der Waals surface area (Å²) in [6.07, 6.45) is -3.44. The van der Waals surface area contributed by atoms with E-state index in [0.29, 0.717) is 5.56 Å². The molecular formula is C29H20BrClF3N9O3. The molecule has 6 rings (SSSR count). The summed E-state index contributed by atoms with van der Waals surface area (Å²) in [5, 5.41) is 28.9. The first-order valence-electron chi connectivity index (χ1n) is 13.4. The number of rotatable bonds is 4. The lowest BCUT2D eigenvalue weighted by Gasteiger charge is -2.27. The molecule has 2 amide bonds. The minimum atomic E-state index is -4.91. The number of halogens is 5. The molecule has 0 radical (unpaired) electrons. The Balaban J connectivity index is 1.54. The molecule has 0 aliphatic carbocycles. The van der Waals surface area contributed by atoms with Gasteiger partial charge in [-0.05, 0) is 72.6 Å². The van der Waals surface area contributed by atoms with E-state index in [1.807, 2.05) is 6.07 Å². The average molecular weight is 715 g/mol. The molecule has 0 saturated heterocycles. The summed E-state index contributed by atoms with van der Waals surface area (Å²) in [4.78, 5) is 33.4. The van der Waals surface area contributed by atoms with Gasteiger partial charge in [0.2, 0.25) is 0 Å². The van der Waals surface area contributed by atoms with Gasteiger partial charge in [-0.1, -0.05) is 11.6 Å². The average Bonchev–Trinajstić information content (AvgIpc) is 3.55. The second kappa shape index (κ2) is 11.1. The van der Waals surface area contributed by atoms with Crippen LogP contribution in [0.5, 0.6) is 5.75 Å². The first-order chi connectivity index (χ1) is 21.6. The standard InChI is InChI=1S/C29H20BrClF3N9O3/c1-13-7-14(11-35)8-16-22(13)37-27(45)24-21(28(2,3)38-26(16)44)20(40-43(24)25-18(31)5-4-6-36-25)12-42-39-19-10-15(46-29(32,33)34)9-17(30)23(19)41-42/h4-10H,12H2,1-3H3,(H,37,45)(H,38,44). The molecule has 12 nitrogen and oxygen atoms in total. The van der Waals surface area contributed by atoms with Crippen LogP contribution in [0, 0.1) is 18.3 Å². The van der Waals surface area contributed by atoms with Crippen LogP contribution in [-0.2, 0) is 12.1 Å². The second-order valence-corrected chi connectivity index (χ2v) is 12.1. The molecule has 2 N–H and O–H groups in total. The second-order valence-electron chi connectivity index (χ2n) is 10.8. The number of aryl methyl sites for hydroxylation is 1. The third kappa shape index (κ3) is 5.63. The maximum atomic E-state index is 14.2. The van der Waals surface area contributed by atoms with Crippen LogP contribution in [0.4, 0.5) is 18.9 Å². The number of nitrogens with one attached hydrogen (secondary N) is 2. The number of hydrogen-bond acceptors (Lipinski definition) is 8. The SMILES string of the molecule is Cc1cc(C#N)cc2c1NC(=O)c1c(c(Cn3nc4cc(OC(F)(F)F)cc(Br)c4n3)nn1-c1ncccc1Cl)C(C)(C)NC2=O. The number of aromatic nitrogens is 6. The summed E-state index contributed by atoms with van der Waals surface area (Å²) in [5.74, 6) is -1.59. The van der Waals surface area contributed by atoms with Gasteiger partial charge in [-0.2, -0.15) is 25.4 Å². The van der Waals surface area contributed by atoms with Gasteiger partial charge in [0.1, 0.15) is 29.0 Å². The molecule has 4 heterocycles. The third-order valence-electron chi connectivity index (χ3n) is 7.09. The van der Waals surface area contributed by atoms with Crippen LogP contribution >= 0.6 is 27.5 Å². The number of anilines is 1. The van der Waals surface area contributed by atoms with Crippen molar-refractivity contribution in [3.05, 3.63) is 85.7 Å². The summed E-state index contributed by atoms with van der Waals surface area (Å²) in [7, 11) is 0. The highest BCUT2D eigenvalue weighted by atomic mass is 79.9. The lowest BCUT2D eigenvalue weighted by Crippen LogP contribution is -2.42. The van der Waals surface area contributed by atoms with Crippen molar-refractivity contribution in [1.29, 1.82) is 5.26 Å². The maximum absolute atomic E-state index is 14.2. The number of carbonyl (C=O) groups excluding carboxylic acids is 2. The molecule has 1 aliphatic rings. The van der Waals surface area contributed by atoms with Crippen molar-refractivity contribution in [2.24, 2.45) is 0 Å². The predicted molar refractivity (Wildman–Crippen MR) is 162 cm³/mol. The van der Waals surface area contributed by atoms with E-state index in [1.54, 1.807) is 39.0 Å². The van der Waals surface area contributed by atoms with Gasteiger partial charge in [0.25, 0.3) is 11.8 Å². The Morgan fingerprint density at radius 1 is 1.13 bits per heavy atom. The molecule has 0 fully saturated rings. The molecule has 1 aliphatic heterocycles. The highest BCUT2D eigenvalue weighted by Gasteiger charge is 2.39. The Kier molecular flexibility index (Phi) is 7.48. The number of alkyl halides is 3. The summed E-state index contributed by atoms with van der Waals surface area (Å²) in [6.45, 7) is 4.81. The molecule has 17 heteroatoms. The number of amides is 2. The van der Waals surface area contributed by atoms with Gasteiger partial charge >= 0.3 is 6.36 Å². The fourth-order valence-electron chi connectivity index (χ4n) is 5.30. The van der Waals surface area contributed by atoms with Crippen molar-refractivity contribution in [3.63, 3.8) is 0 Å². The van der Waals surface area contributed by atoms with E-state index in [9.17, 15) is 28.0 Å². The monoisotopic (exact) mass is 713 g/mol. The normalized spacial score (nSPS) is 14.3. The molecule has 0 spiro atoms. The van der Waals surface area contributed by atoms with Crippen LogP contribution in [0.3, 0.4) is 0 Å². The molecule has 234 valence electrons. The number of nitrogens with zero attached hydrogens (tertiary/aromatic N) is 7. The number of hydrogen-bond donors (Lipinski definition) is 2. The number of nitriles is 1. The Hall–Kier alpha value is -5.01. The van der Waals surface area contributed by atoms with Crippen molar-refractivity contribution in [2.45, 2.75) is 39.2 Å². The van der Waals surface area contributed by atoms with Gasteiger partial charge in [-0.3, -0.25) is 9.59 Å². The van der Waals surface area contributed by atoms with E-state index in [0.717, 1.165) is 12.1 Å². The van der Waals surface area contributed by atoms with Crippen LogP contribution in [0.25, 0.3) is 16.9 Å². The zero-order chi connectivity index (χ0) is 33.1. The van der Waals surface area contributed by atoms with E-state index in [-0.39, 0.29) is 66.7 Å². The fraction of sp³-hybridized carbons (Fsp3) is 0.207. The summed E-state index contributed by atoms with van der Waals surface area (Å²) < 4.78 is 44.2. The van der Waals surface area contributed by atoms with Gasteiger partial charge in [0.05, 0.1) is 43.6 Å². The minimum absolute atomic E-state index is 0.00346. The van der Waals surface area contributed by atoms with Gasteiger partial charge in [-0.25, -0.2) is 9.67 Å². The Bertz CT molecular complexity index is 2140. The summed E-state index contributed by atoms with van der Waals surface area (Å²) in [5.41, 5.74) is 0.537. The van der Waals surface area contributed by atoms with Crippen LogP contribution in [-0.4, -0.2) is 47.9 Å². The van der Waals surface area contributed by atoms with E-state index < -0.39 is 29.5 Å². The molecule has 2 aromatic carbocycles. The first kappa shape index (κ1) is 31.0. The van der Waals surface area contributed by atoms with E-state index in [1.165, 1.54) is 21.7 Å². The number of fused-ring (bicyclic) bond motifs is 3. The van der Waals surface area contributed by atoms with Crippen LogP contribution in [0.1, 0.15) is 57.1 Å². The van der Waals surface area contributed by atoms with E-state index in [2.05, 4.69) is 46.5 Å². The number of carbonyl (C=O) groups is 2. The van der Waals surface area contributed by atoms with Crippen LogP contribution in [0.2, 0.25) is 5.02 Å². The van der Waals surface area contributed by atoms with Gasteiger partial charge in [-0.15, -0.1) is 13.2 Å². The van der Waals surface area contributed by atoms with Crippen molar-refractivity contribution < 1.29 is 27.5 Å². The summed E-state index contributed by atoms with van der Waals surface area (Å²) in [6, 6.07) is 10.3. The van der Waals surface area contributed by atoms with Crippen molar-refractivity contribution in [1.82, 2.24) is 35.1 Å². The highest BCUT2D eigenvalue weighted by molar-refractivity contribution is 9.10. The first-order valence-corrected chi connectivity index (χ1v) is 14.5. The number of benzene rings is 2. The Labute approximate surface area is 271 Å². The molecule has 3 aromatic heterocycles. The molecule has 0 bridgehead atoms. The largest absolute Gasteiger partial charge is 0.573 e. The summed E-state index contributed by atoms with van der Waals surface area (Å²) >= 11 is 9.73. The minimum Gasteiger partial charge on any atom is -0.406 e. The van der Waals surface area contributed by atoms with Gasteiger partial charge in [0, 0.05) is 17.8 Å². The van der Waals surface area contributed by atoms with E-state index >= 15 is 0 Å². The lowest BCUT2D eigenvalue weighted by atomic mass is 9.91. The van der Waals surface area contributed by atoms with Gasteiger partial charge in [0.15, 0.2) is 5.82 Å². The smallest absolute Gasteiger partial charge is 0.406 e. The molecule has 0 unspecified atom stereocenters. The van der Waals surface area contributed by atoms with Crippen molar-refractivity contribution in [3.8, 4) is 17.6 Å². The maximum Gasteiger partial charge on any atom is 0.573 e. The number of pyridine rings is 1. The van der Waals surface area contributed by atoms with Crippen LogP contribution < -0.4 is 15.4 Å². The molecular weight excluding hydrogens is 695 g/mol. The third-order valence-corrected chi connectivity index (χ3v) is 7.99. The topological polar surface area (TPSA) is 153 Å². The zero-order valence-corrected chi connectivity index (χ0v) is 26.3. The van der Waals surface area contributed by atoms with Gasteiger partial charge < -0.3 is 15.4 Å². The van der Waals surface area contributed by atoms with Crippen molar-refractivity contribution >= 4 is 56.1 Å². The fourth-order valence-corrected chi connectivity index (χ4v) is 6.01. The van der Waals surface area contributed by atoms with Crippen molar-refractivity contribution in [2.75, 3.05) is 5.32 Å². The quantitative estimate of drug-likeness (QED) is 0.238. The lowest BCUT2D eigenvalue weighted by molar-refractivity contribution is -0.274. The Morgan fingerprint density at radius 2 is 1.89 bits per heavy atom. The molecule has 46 heavy (non-hydrogen) atoms.